The summed E-state index contributed by atoms with van der Waals surface area (Å²) in [6, 6.07) is 1.37. The van der Waals surface area contributed by atoms with E-state index >= 15 is 0 Å². The molecule has 0 bridgehead atoms. The normalized spacial score (nSPS) is 13.1. The third-order valence-corrected chi connectivity index (χ3v) is 3.41. The van der Waals surface area contributed by atoms with Crippen LogP contribution in [-0.4, -0.2) is 36.4 Å². The molecule has 0 amide bonds. The van der Waals surface area contributed by atoms with E-state index in [4.69, 9.17) is 0 Å². The second-order valence-corrected chi connectivity index (χ2v) is 4.94. The average molecular weight is 352 g/mol. The highest BCUT2D eigenvalue weighted by Gasteiger charge is 2.76. The van der Waals surface area contributed by atoms with E-state index in [1.165, 1.54) is 6.92 Å². The van der Waals surface area contributed by atoms with E-state index in [0.29, 0.717) is 6.07 Å². The molecular weight excluding hydrogens is 345 g/mol. The maximum atomic E-state index is 13.2. The average Bonchev–Trinajstić information content (AvgIpc) is 2.85. The molecule has 22 heavy (non-hydrogen) atoms. The maximum absolute atomic E-state index is 13.2. The largest absolute Gasteiger partial charge is 0.462 e. The summed E-state index contributed by atoms with van der Waals surface area (Å²) in [6.45, 7) is 1.35. The summed E-state index contributed by atoms with van der Waals surface area (Å²) in [5, 5.41) is 0. The molecule has 1 aromatic rings. The molecule has 0 saturated carbocycles. The van der Waals surface area contributed by atoms with Crippen molar-refractivity contribution in [2.24, 2.45) is 0 Å². The SMILES string of the molecule is CCOC(=O)c1ccc(C(=O)C(F)(F)C(F)(F)C(F)(F)F)s1. The van der Waals surface area contributed by atoms with Crippen molar-refractivity contribution in [3.63, 3.8) is 0 Å². The number of carbonyl (C=O) groups is 2. The molecule has 3 nitrogen and oxygen atoms in total. The lowest BCUT2D eigenvalue weighted by atomic mass is 10.1. The molecule has 1 aromatic heterocycles. The number of alkyl halides is 7. The van der Waals surface area contributed by atoms with Crippen LogP contribution in [0.1, 0.15) is 26.3 Å². The molecule has 0 N–H and O–H groups in total. The van der Waals surface area contributed by atoms with Crippen LogP contribution >= 0.6 is 11.3 Å². The Balaban J connectivity index is 3.13. The van der Waals surface area contributed by atoms with Crippen molar-refractivity contribution >= 4 is 23.1 Å². The smallest absolute Gasteiger partial charge is 0.460 e. The van der Waals surface area contributed by atoms with Gasteiger partial charge >= 0.3 is 24.0 Å². The van der Waals surface area contributed by atoms with Crippen molar-refractivity contribution in [2.45, 2.75) is 24.9 Å². The summed E-state index contributed by atoms with van der Waals surface area (Å²) in [6.07, 6.45) is -6.60. The molecule has 0 aromatic carbocycles. The monoisotopic (exact) mass is 352 g/mol. The fraction of sp³-hybridized carbons (Fsp3) is 0.455. The maximum Gasteiger partial charge on any atom is 0.460 e. The number of ketones is 1. The fourth-order valence-electron chi connectivity index (χ4n) is 1.25. The highest BCUT2D eigenvalue weighted by atomic mass is 32.1. The van der Waals surface area contributed by atoms with Crippen LogP contribution in [0.15, 0.2) is 12.1 Å². The lowest BCUT2D eigenvalue weighted by molar-refractivity contribution is -0.339. The fourth-order valence-corrected chi connectivity index (χ4v) is 2.12. The van der Waals surface area contributed by atoms with Gasteiger partial charge in [0.15, 0.2) is 0 Å². The summed E-state index contributed by atoms with van der Waals surface area (Å²) in [4.78, 5) is 21.0. The van der Waals surface area contributed by atoms with Crippen LogP contribution in [0.4, 0.5) is 30.7 Å². The molecule has 0 spiro atoms. The van der Waals surface area contributed by atoms with Gasteiger partial charge in [-0.15, -0.1) is 11.3 Å². The molecule has 11 heteroatoms. The van der Waals surface area contributed by atoms with E-state index < -0.39 is 34.7 Å². The number of carbonyl (C=O) groups excluding carboxylic acids is 2. The molecule has 0 unspecified atom stereocenters. The molecule has 124 valence electrons. The summed E-state index contributed by atoms with van der Waals surface area (Å²) < 4.78 is 92.3. The summed E-state index contributed by atoms with van der Waals surface area (Å²) in [5.41, 5.74) is 0. The first-order valence-electron chi connectivity index (χ1n) is 5.50. The Hall–Kier alpha value is -1.65. The number of Topliss-reactive ketones (excluding diaryl/α,β-unsaturated/α-hetero) is 1. The highest BCUT2D eigenvalue weighted by Crippen LogP contribution is 2.48. The van der Waals surface area contributed by atoms with Crippen LogP contribution in [0.2, 0.25) is 0 Å². The molecule has 0 aliphatic rings. The van der Waals surface area contributed by atoms with Gasteiger partial charge in [-0.25, -0.2) is 4.79 Å². The van der Waals surface area contributed by atoms with Gasteiger partial charge in [0.2, 0.25) is 5.78 Å². The van der Waals surface area contributed by atoms with Crippen molar-refractivity contribution in [1.29, 1.82) is 0 Å². The highest BCUT2D eigenvalue weighted by molar-refractivity contribution is 7.16. The Bertz CT molecular complexity index is 576. The van der Waals surface area contributed by atoms with E-state index in [9.17, 15) is 40.3 Å². The third kappa shape index (κ3) is 3.08. The van der Waals surface area contributed by atoms with Crippen LogP contribution in [0.3, 0.4) is 0 Å². The molecule has 0 saturated heterocycles. The third-order valence-electron chi connectivity index (χ3n) is 2.34. The van der Waals surface area contributed by atoms with Crippen LogP contribution in [0.5, 0.6) is 0 Å². The predicted molar refractivity (Wildman–Crippen MR) is 60.6 cm³/mol. The number of hydrogen-bond donors (Lipinski definition) is 0. The van der Waals surface area contributed by atoms with E-state index in [1.807, 2.05) is 0 Å². The Labute approximate surface area is 122 Å². The van der Waals surface area contributed by atoms with Gasteiger partial charge in [0, 0.05) is 0 Å². The van der Waals surface area contributed by atoms with Crippen molar-refractivity contribution in [1.82, 2.24) is 0 Å². The number of esters is 1. The Kier molecular flexibility index (Phi) is 4.90. The topological polar surface area (TPSA) is 43.4 Å². The summed E-state index contributed by atoms with van der Waals surface area (Å²) in [7, 11) is 0. The van der Waals surface area contributed by atoms with Gasteiger partial charge in [-0.1, -0.05) is 0 Å². The van der Waals surface area contributed by atoms with Crippen molar-refractivity contribution < 1.29 is 45.1 Å². The number of hydrogen-bond acceptors (Lipinski definition) is 4. The second kappa shape index (κ2) is 5.86. The van der Waals surface area contributed by atoms with E-state index in [0.717, 1.165) is 6.07 Å². The Morgan fingerprint density at radius 2 is 1.55 bits per heavy atom. The van der Waals surface area contributed by atoms with Crippen LogP contribution in [0, 0.1) is 0 Å². The summed E-state index contributed by atoms with van der Waals surface area (Å²) >= 11 is 0.0379. The first kappa shape index (κ1) is 18.4. The Morgan fingerprint density at radius 3 is 2.00 bits per heavy atom. The van der Waals surface area contributed by atoms with Gasteiger partial charge in [0.25, 0.3) is 0 Å². The molecule has 0 radical (unpaired) electrons. The van der Waals surface area contributed by atoms with Crippen LogP contribution in [0.25, 0.3) is 0 Å². The Morgan fingerprint density at radius 1 is 1.05 bits per heavy atom. The lowest BCUT2D eigenvalue weighted by Gasteiger charge is -2.26. The zero-order valence-electron chi connectivity index (χ0n) is 10.6. The quantitative estimate of drug-likeness (QED) is 0.458. The van der Waals surface area contributed by atoms with Gasteiger partial charge < -0.3 is 4.74 Å². The predicted octanol–water partition coefficient (Wildman–Crippen LogP) is 3.94. The van der Waals surface area contributed by atoms with Gasteiger partial charge in [0.1, 0.15) is 4.88 Å². The summed E-state index contributed by atoms with van der Waals surface area (Å²) in [5.74, 6) is -16.3. The number of ether oxygens (including phenoxy) is 1. The molecule has 0 atom stereocenters. The minimum atomic E-state index is -6.60. The zero-order chi connectivity index (χ0) is 17.3. The van der Waals surface area contributed by atoms with E-state index in [-0.39, 0.29) is 22.8 Å². The molecule has 1 heterocycles. The van der Waals surface area contributed by atoms with E-state index in [1.54, 1.807) is 0 Å². The molecular formula is C11H7F7O3S. The van der Waals surface area contributed by atoms with Crippen molar-refractivity contribution in [3.05, 3.63) is 21.9 Å². The standard InChI is InChI=1S/C11H7F7O3S/c1-2-21-8(20)6-4-3-5(22-6)7(19)9(12,13)10(14,15)11(16,17)18/h3-4H,2H2,1H3. The second-order valence-electron chi connectivity index (χ2n) is 3.86. The molecule has 0 aliphatic carbocycles. The number of thiophene rings is 1. The van der Waals surface area contributed by atoms with Crippen LogP contribution < -0.4 is 0 Å². The minimum Gasteiger partial charge on any atom is -0.462 e. The minimum absolute atomic E-state index is 0.0379. The molecule has 0 aliphatic heterocycles. The number of halogens is 7. The van der Waals surface area contributed by atoms with Gasteiger partial charge in [-0.2, -0.15) is 30.7 Å². The zero-order valence-corrected chi connectivity index (χ0v) is 11.5. The molecule has 0 fully saturated rings. The van der Waals surface area contributed by atoms with Gasteiger partial charge in [0.05, 0.1) is 11.5 Å². The molecule has 1 rings (SSSR count). The van der Waals surface area contributed by atoms with Gasteiger partial charge in [-0.05, 0) is 19.1 Å². The van der Waals surface area contributed by atoms with Crippen LogP contribution in [-0.2, 0) is 4.74 Å². The first-order valence-corrected chi connectivity index (χ1v) is 6.32. The van der Waals surface area contributed by atoms with Crippen molar-refractivity contribution in [2.75, 3.05) is 6.61 Å². The van der Waals surface area contributed by atoms with E-state index in [2.05, 4.69) is 4.74 Å². The van der Waals surface area contributed by atoms with Crippen molar-refractivity contribution in [3.8, 4) is 0 Å². The lowest BCUT2D eigenvalue weighted by Crippen LogP contribution is -2.56. The van der Waals surface area contributed by atoms with Gasteiger partial charge in [-0.3, -0.25) is 4.79 Å². The number of rotatable bonds is 5. The first-order chi connectivity index (χ1) is 9.86.